The second-order valence-corrected chi connectivity index (χ2v) is 5.33. The van der Waals surface area contributed by atoms with Crippen LogP contribution in [0.2, 0.25) is 0 Å². The summed E-state index contributed by atoms with van der Waals surface area (Å²) in [6, 6.07) is 8.91. The minimum absolute atomic E-state index is 0.0817. The number of carbonyl (C=O) groups excluding carboxylic acids is 1. The number of nitriles is 1. The summed E-state index contributed by atoms with van der Waals surface area (Å²) in [6.45, 7) is 1.58. The molecule has 0 aromatic heterocycles. The maximum atomic E-state index is 11.9. The summed E-state index contributed by atoms with van der Waals surface area (Å²) in [4.78, 5) is 18.4. The molecule has 2 atom stereocenters. The monoisotopic (exact) mass is 269 g/mol. The molecule has 0 N–H and O–H groups in total. The first-order valence-corrected chi connectivity index (χ1v) is 6.78. The van der Waals surface area contributed by atoms with Gasteiger partial charge in [0.1, 0.15) is 12.1 Å². The molecule has 0 bridgehead atoms. The number of aliphatic imine (C=N–C) groups is 1. The van der Waals surface area contributed by atoms with Crippen LogP contribution in [0.4, 0.5) is 0 Å². The number of fused-ring (bicyclic) bond motifs is 1. The second kappa shape index (κ2) is 4.56. The van der Waals surface area contributed by atoms with Crippen LogP contribution in [0.3, 0.4) is 0 Å². The molecule has 3 rings (SSSR count). The number of hydrogen-bond acceptors (Lipinski definition) is 5. The van der Waals surface area contributed by atoms with Gasteiger partial charge in [0, 0.05) is 6.20 Å². The molecule has 19 heavy (non-hydrogen) atoms. The van der Waals surface area contributed by atoms with E-state index in [1.165, 1.54) is 11.8 Å². The van der Waals surface area contributed by atoms with Gasteiger partial charge in [-0.3, -0.25) is 9.79 Å². The van der Waals surface area contributed by atoms with Crippen LogP contribution in [0.15, 0.2) is 40.9 Å². The van der Waals surface area contributed by atoms with Gasteiger partial charge in [-0.05, 0) is 30.0 Å². The van der Waals surface area contributed by atoms with Gasteiger partial charge in [0.15, 0.2) is 11.0 Å². The van der Waals surface area contributed by atoms with Crippen molar-refractivity contribution < 1.29 is 4.79 Å². The number of ketones is 1. The van der Waals surface area contributed by atoms with Crippen molar-refractivity contribution in [3.05, 3.63) is 47.0 Å². The van der Waals surface area contributed by atoms with E-state index in [0.717, 1.165) is 10.7 Å². The summed E-state index contributed by atoms with van der Waals surface area (Å²) in [5, 5.41) is 11.7. The van der Waals surface area contributed by atoms with E-state index in [0.29, 0.717) is 5.56 Å². The maximum Gasteiger partial charge on any atom is 0.169 e. The number of thioether (sulfide) groups is 1. The van der Waals surface area contributed by atoms with Gasteiger partial charge in [-0.2, -0.15) is 5.26 Å². The SMILES string of the molecule is CC(=O)C1C(c2cccc(C#N)c2)N=C2SC=CN21. The van der Waals surface area contributed by atoms with Crippen LogP contribution in [0.1, 0.15) is 24.1 Å². The molecule has 0 saturated heterocycles. The molecule has 0 radical (unpaired) electrons. The van der Waals surface area contributed by atoms with Gasteiger partial charge >= 0.3 is 0 Å². The van der Waals surface area contributed by atoms with E-state index in [-0.39, 0.29) is 17.9 Å². The fourth-order valence-corrected chi connectivity index (χ4v) is 3.18. The molecule has 94 valence electrons. The van der Waals surface area contributed by atoms with E-state index in [1.807, 2.05) is 28.6 Å². The first-order valence-electron chi connectivity index (χ1n) is 5.90. The van der Waals surface area contributed by atoms with Crippen LogP contribution in [-0.2, 0) is 4.79 Å². The highest BCUT2D eigenvalue weighted by molar-refractivity contribution is 8.16. The summed E-state index contributed by atoms with van der Waals surface area (Å²) < 4.78 is 0. The Labute approximate surface area is 115 Å². The minimum Gasteiger partial charge on any atom is -0.314 e. The number of Topliss-reactive ketones (excluding diaryl/α,β-unsaturated/α-hetero) is 1. The summed E-state index contributed by atoms with van der Waals surface area (Å²) >= 11 is 1.52. The normalized spacial score (nSPS) is 24.0. The van der Waals surface area contributed by atoms with E-state index >= 15 is 0 Å². The molecule has 2 heterocycles. The summed E-state index contributed by atoms with van der Waals surface area (Å²) in [5.41, 5.74) is 1.51. The third-order valence-corrected chi connectivity index (χ3v) is 4.02. The molecule has 1 aromatic rings. The van der Waals surface area contributed by atoms with Crippen LogP contribution >= 0.6 is 11.8 Å². The standard InChI is InChI=1S/C14H11N3OS/c1-9(18)13-12(16-14-17(13)5-6-19-14)11-4-2-3-10(7-11)8-15/h2-7,12-13H,1H3. The molecular weight excluding hydrogens is 258 g/mol. The molecule has 0 fully saturated rings. The van der Waals surface area contributed by atoms with Crippen LogP contribution in [-0.4, -0.2) is 21.9 Å². The van der Waals surface area contributed by atoms with E-state index in [2.05, 4.69) is 11.1 Å². The highest BCUT2D eigenvalue weighted by Crippen LogP contribution is 2.38. The van der Waals surface area contributed by atoms with E-state index in [1.54, 1.807) is 19.1 Å². The average molecular weight is 269 g/mol. The van der Waals surface area contributed by atoms with Gasteiger partial charge in [-0.25, -0.2) is 0 Å². The quantitative estimate of drug-likeness (QED) is 0.827. The van der Waals surface area contributed by atoms with Crippen molar-refractivity contribution in [1.82, 2.24) is 4.90 Å². The van der Waals surface area contributed by atoms with Crippen molar-refractivity contribution in [3.8, 4) is 6.07 Å². The molecule has 0 saturated carbocycles. The minimum atomic E-state index is -0.296. The number of rotatable bonds is 2. The zero-order valence-electron chi connectivity index (χ0n) is 10.3. The molecular formula is C14H11N3OS. The van der Waals surface area contributed by atoms with Crippen molar-refractivity contribution in [3.63, 3.8) is 0 Å². The molecule has 2 unspecified atom stereocenters. The lowest BCUT2D eigenvalue weighted by Gasteiger charge is -2.22. The predicted molar refractivity (Wildman–Crippen MR) is 74.4 cm³/mol. The third-order valence-electron chi connectivity index (χ3n) is 3.24. The number of nitrogens with zero attached hydrogens (tertiary/aromatic N) is 3. The zero-order valence-corrected chi connectivity index (χ0v) is 11.1. The van der Waals surface area contributed by atoms with Gasteiger partial charge < -0.3 is 4.90 Å². The topological polar surface area (TPSA) is 56.5 Å². The van der Waals surface area contributed by atoms with E-state index in [4.69, 9.17) is 5.26 Å². The van der Waals surface area contributed by atoms with Gasteiger partial charge in [0.05, 0.1) is 11.6 Å². The Balaban J connectivity index is 2.02. The predicted octanol–water partition coefficient (Wildman–Crippen LogP) is 2.45. The van der Waals surface area contributed by atoms with Crippen LogP contribution < -0.4 is 0 Å². The summed E-state index contributed by atoms with van der Waals surface area (Å²) in [5.74, 6) is 0.0817. The maximum absolute atomic E-state index is 11.9. The fraction of sp³-hybridized carbons (Fsp3) is 0.214. The van der Waals surface area contributed by atoms with Gasteiger partial charge in [0.25, 0.3) is 0 Å². The molecule has 0 amide bonds. The van der Waals surface area contributed by atoms with Gasteiger partial charge in [-0.1, -0.05) is 23.9 Å². The first-order chi connectivity index (χ1) is 9.20. The number of carbonyl (C=O) groups is 1. The summed E-state index contributed by atoms with van der Waals surface area (Å²) in [6.07, 6.45) is 1.89. The Hall–Kier alpha value is -2.06. The largest absolute Gasteiger partial charge is 0.314 e. The first kappa shape index (κ1) is 12.0. The summed E-state index contributed by atoms with van der Waals surface area (Å²) in [7, 11) is 0. The lowest BCUT2D eigenvalue weighted by Crippen LogP contribution is -2.36. The molecule has 4 nitrogen and oxygen atoms in total. The second-order valence-electron chi connectivity index (χ2n) is 4.46. The Bertz CT molecular complexity index is 644. The Morgan fingerprint density at radius 3 is 3.11 bits per heavy atom. The third kappa shape index (κ3) is 1.94. The van der Waals surface area contributed by atoms with Gasteiger partial charge in [-0.15, -0.1) is 0 Å². The zero-order chi connectivity index (χ0) is 13.4. The molecule has 0 spiro atoms. The number of benzene rings is 1. The number of amidine groups is 1. The average Bonchev–Trinajstić information content (AvgIpc) is 2.98. The van der Waals surface area contributed by atoms with E-state index < -0.39 is 0 Å². The van der Waals surface area contributed by atoms with Crippen molar-refractivity contribution in [1.29, 1.82) is 5.26 Å². The Morgan fingerprint density at radius 2 is 2.37 bits per heavy atom. The van der Waals surface area contributed by atoms with Crippen LogP contribution in [0.25, 0.3) is 0 Å². The fourth-order valence-electron chi connectivity index (χ4n) is 2.40. The molecule has 0 aliphatic carbocycles. The Morgan fingerprint density at radius 1 is 1.53 bits per heavy atom. The molecule has 5 heteroatoms. The van der Waals surface area contributed by atoms with Crippen molar-refractivity contribution >= 4 is 22.7 Å². The molecule has 2 aliphatic rings. The van der Waals surface area contributed by atoms with Crippen LogP contribution in [0.5, 0.6) is 0 Å². The molecule has 1 aromatic carbocycles. The number of hydrogen-bond donors (Lipinski definition) is 0. The smallest absolute Gasteiger partial charge is 0.169 e. The van der Waals surface area contributed by atoms with Gasteiger partial charge in [0.2, 0.25) is 0 Å². The highest BCUT2D eigenvalue weighted by Gasteiger charge is 2.40. The Kier molecular flexibility index (Phi) is 2.88. The van der Waals surface area contributed by atoms with Crippen molar-refractivity contribution in [2.75, 3.05) is 0 Å². The molecule has 2 aliphatic heterocycles. The van der Waals surface area contributed by atoms with Crippen molar-refractivity contribution in [2.24, 2.45) is 4.99 Å². The van der Waals surface area contributed by atoms with E-state index in [9.17, 15) is 4.79 Å². The van der Waals surface area contributed by atoms with Crippen LogP contribution in [0, 0.1) is 11.3 Å². The lowest BCUT2D eigenvalue weighted by molar-refractivity contribution is -0.120. The highest BCUT2D eigenvalue weighted by atomic mass is 32.2. The van der Waals surface area contributed by atoms with Crippen molar-refractivity contribution in [2.45, 2.75) is 19.0 Å². The lowest BCUT2D eigenvalue weighted by atomic mass is 9.96.